The van der Waals surface area contributed by atoms with Crippen molar-refractivity contribution >= 4 is 12.0 Å². The molecule has 180 valence electrons. The van der Waals surface area contributed by atoms with Crippen LogP contribution in [0.1, 0.15) is 45.7 Å². The summed E-state index contributed by atoms with van der Waals surface area (Å²) in [6.07, 6.45) is 2.63. The van der Waals surface area contributed by atoms with Crippen LogP contribution in [0.2, 0.25) is 0 Å². The first kappa shape index (κ1) is 24.4. The van der Waals surface area contributed by atoms with E-state index in [1.54, 1.807) is 7.11 Å². The fourth-order valence-corrected chi connectivity index (χ4v) is 6.76. The minimum Gasteiger partial charge on any atom is -0.497 e. The quantitative estimate of drug-likeness (QED) is 0.411. The van der Waals surface area contributed by atoms with Crippen LogP contribution in [0, 0.1) is 28.6 Å². The Hall–Kier alpha value is -2.72. The molecule has 2 bridgehead atoms. The lowest BCUT2D eigenvalue weighted by molar-refractivity contribution is -0.127. The number of ether oxygens (including phenoxy) is 1. The number of benzene rings is 2. The number of hydrogen-bond donors (Lipinski definition) is 1. The number of fused-ring (bicyclic) bond motifs is 2. The molecule has 5 unspecified atom stereocenters. The van der Waals surface area contributed by atoms with E-state index in [1.165, 1.54) is 11.1 Å². The summed E-state index contributed by atoms with van der Waals surface area (Å²) in [4.78, 5) is 18.8. The van der Waals surface area contributed by atoms with Crippen LogP contribution in [0.25, 0.3) is 0 Å². The van der Waals surface area contributed by atoms with Gasteiger partial charge in [0.25, 0.3) is 0 Å². The number of aliphatic imine (C=N–C) groups is 1. The average molecular weight is 459 g/mol. The van der Waals surface area contributed by atoms with E-state index in [-0.39, 0.29) is 28.4 Å². The minimum atomic E-state index is -0.523. The van der Waals surface area contributed by atoms with Crippen LogP contribution in [-0.4, -0.2) is 25.1 Å². The van der Waals surface area contributed by atoms with E-state index in [1.807, 2.05) is 54.6 Å². The van der Waals surface area contributed by atoms with E-state index in [0.29, 0.717) is 18.9 Å². The molecule has 0 aromatic heterocycles. The number of carbonyl (C=O) groups is 1. The number of rotatable bonds is 8. The molecule has 1 saturated carbocycles. The number of methoxy groups -OCH3 is 1. The first-order valence-corrected chi connectivity index (χ1v) is 12.3. The highest BCUT2D eigenvalue weighted by atomic mass is 16.5. The molecule has 0 spiro atoms. The summed E-state index contributed by atoms with van der Waals surface area (Å²) in [6, 6.07) is 17.5. The average Bonchev–Trinajstić information content (AvgIpc) is 3.10. The van der Waals surface area contributed by atoms with E-state index >= 15 is 0 Å². The number of nitrogens with two attached hydrogens (primary N) is 1. The summed E-state index contributed by atoms with van der Waals surface area (Å²) < 4.78 is 5.26. The molecule has 2 aliphatic carbocycles. The third-order valence-corrected chi connectivity index (χ3v) is 9.34. The van der Waals surface area contributed by atoms with Crippen molar-refractivity contribution in [3.05, 3.63) is 76.9 Å². The van der Waals surface area contributed by atoms with Gasteiger partial charge in [-0.15, -0.1) is 0 Å². The number of Topliss-reactive ketones (excluding diaryl/α,β-unsaturated/α-hetero) is 1. The highest BCUT2D eigenvalue weighted by Crippen LogP contribution is 2.72. The van der Waals surface area contributed by atoms with Crippen molar-refractivity contribution in [2.75, 3.05) is 7.11 Å². The molecule has 2 aromatic carbocycles. The molecule has 0 radical (unpaired) electrons. The van der Waals surface area contributed by atoms with Crippen LogP contribution < -0.4 is 10.5 Å². The molecule has 1 fully saturated rings. The van der Waals surface area contributed by atoms with E-state index < -0.39 is 6.04 Å². The topological polar surface area (TPSA) is 64.7 Å². The second-order valence-electron chi connectivity index (χ2n) is 10.6. The normalized spacial score (nSPS) is 31.3. The SMILES string of the molecule is COc1ccc(C/N=C/C2C(C(=O)[C@@H](N)Cc3ccccc3)C3(C)C(C)=C(C)C2(C)C3C)cc1. The van der Waals surface area contributed by atoms with Gasteiger partial charge in [-0.05, 0) is 49.4 Å². The Kier molecular flexibility index (Phi) is 6.56. The maximum Gasteiger partial charge on any atom is 0.154 e. The number of allylic oxidation sites excluding steroid dienone is 2. The summed E-state index contributed by atoms with van der Waals surface area (Å²) in [6.45, 7) is 11.9. The highest BCUT2D eigenvalue weighted by molar-refractivity contribution is 5.92. The molecular formula is C30H38N2O2. The second kappa shape index (κ2) is 9.14. The van der Waals surface area contributed by atoms with Crippen molar-refractivity contribution in [3.8, 4) is 5.75 Å². The van der Waals surface area contributed by atoms with Crippen molar-refractivity contribution in [3.63, 3.8) is 0 Å². The summed E-state index contributed by atoms with van der Waals surface area (Å²) in [7, 11) is 1.67. The third-order valence-electron chi connectivity index (χ3n) is 9.34. The van der Waals surface area contributed by atoms with Crippen molar-refractivity contribution < 1.29 is 9.53 Å². The summed E-state index contributed by atoms with van der Waals surface area (Å²) in [5.74, 6) is 1.20. The first-order valence-electron chi connectivity index (χ1n) is 12.3. The highest BCUT2D eigenvalue weighted by Gasteiger charge is 2.69. The number of ketones is 1. The third kappa shape index (κ3) is 3.73. The maximum atomic E-state index is 14.0. The lowest BCUT2D eigenvalue weighted by atomic mass is 9.63. The number of carbonyl (C=O) groups excluding carboxylic acids is 1. The minimum absolute atomic E-state index is 0.0313. The molecule has 34 heavy (non-hydrogen) atoms. The van der Waals surface area contributed by atoms with Crippen LogP contribution in [0.5, 0.6) is 5.75 Å². The lowest BCUT2D eigenvalue weighted by Crippen LogP contribution is -2.47. The first-order chi connectivity index (χ1) is 16.1. The Bertz CT molecular complexity index is 1100. The Morgan fingerprint density at radius 2 is 1.65 bits per heavy atom. The van der Waals surface area contributed by atoms with Crippen LogP contribution in [0.3, 0.4) is 0 Å². The zero-order chi connectivity index (χ0) is 24.7. The largest absolute Gasteiger partial charge is 0.497 e. The van der Waals surface area contributed by atoms with Gasteiger partial charge in [0.1, 0.15) is 5.75 Å². The van der Waals surface area contributed by atoms with Crippen LogP contribution >= 0.6 is 0 Å². The standard InChI is InChI=1S/C30H38N2O2/c1-19-20(2)30(5)21(3)29(19,4)25(18-32-17-23-12-14-24(34-6)15-13-23)27(30)28(33)26(31)16-22-10-8-7-9-11-22/h7-15,18,21,25-27H,16-17,31H2,1-6H3/b32-18+/t21?,25?,26-,27?,29?,30?/m0/s1. The van der Waals surface area contributed by atoms with Crippen molar-refractivity contribution in [2.45, 2.75) is 53.6 Å². The fraction of sp³-hybridized carbons (Fsp3) is 0.467. The molecule has 4 heteroatoms. The molecule has 2 aliphatic rings. The van der Waals surface area contributed by atoms with E-state index in [2.05, 4.69) is 40.8 Å². The summed E-state index contributed by atoms with van der Waals surface area (Å²) in [5.41, 5.74) is 11.2. The Morgan fingerprint density at radius 1 is 1.03 bits per heavy atom. The Balaban J connectivity index is 1.64. The molecule has 6 atom stereocenters. The van der Waals surface area contributed by atoms with Gasteiger partial charge in [-0.2, -0.15) is 0 Å². The molecular weight excluding hydrogens is 420 g/mol. The van der Waals surface area contributed by atoms with Gasteiger partial charge in [-0.3, -0.25) is 9.79 Å². The number of hydrogen-bond acceptors (Lipinski definition) is 4. The van der Waals surface area contributed by atoms with Gasteiger partial charge in [0.15, 0.2) is 5.78 Å². The zero-order valence-corrected chi connectivity index (χ0v) is 21.3. The van der Waals surface area contributed by atoms with Crippen molar-refractivity contribution in [1.29, 1.82) is 0 Å². The molecule has 4 rings (SSSR count). The monoisotopic (exact) mass is 458 g/mol. The molecule has 0 saturated heterocycles. The molecule has 0 aliphatic heterocycles. The van der Waals surface area contributed by atoms with Crippen LogP contribution in [-0.2, 0) is 17.8 Å². The van der Waals surface area contributed by atoms with Gasteiger partial charge >= 0.3 is 0 Å². The zero-order valence-electron chi connectivity index (χ0n) is 21.3. The predicted molar refractivity (Wildman–Crippen MR) is 139 cm³/mol. The van der Waals surface area contributed by atoms with Gasteiger partial charge in [0, 0.05) is 28.9 Å². The Labute approximate surface area is 204 Å². The van der Waals surface area contributed by atoms with E-state index in [9.17, 15) is 4.79 Å². The second-order valence-corrected chi connectivity index (χ2v) is 10.6. The number of nitrogens with zero attached hydrogens (tertiary/aromatic N) is 1. The molecule has 4 nitrogen and oxygen atoms in total. The smallest absolute Gasteiger partial charge is 0.154 e. The molecule has 2 N–H and O–H groups in total. The van der Waals surface area contributed by atoms with Crippen LogP contribution in [0.4, 0.5) is 0 Å². The summed E-state index contributed by atoms with van der Waals surface area (Å²) in [5, 5.41) is 0. The van der Waals surface area contributed by atoms with Gasteiger partial charge in [0.2, 0.25) is 0 Å². The predicted octanol–water partition coefficient (Wildman–Crippen LogP) is 5.65. The van der Waals surface area contributed by atoms with Crippen LogP contribution in [0.15, 0.2) is 70.7 Å². The molecule has 0 heterocycles. The van der Waals surface area contributed by atoms with Gasteiger partial charge < -0.3 is 10.5 Å². The molecule has 2 aromatic rings. The van der Waals surface area contributed by atoms with E-state index in [4.69, 9.17) is 15.5 Å². The van der Waals surface area contributed by atoms with E-state index in [0.717, 1.165) is 16.9 Å². The van der Waals surface area contributed by atoms with Gasteiger partial charge in [0.05, 0.1) is 19.7 Å². The van der Waals surface area contributed by atoms with Gasteiger partial charge in [-0.25, -0.2) is 0 Å². The van der Waals surface area contributed by atoms with Gasteiger partial charge in [-0.1, -0.05) is 74.4 Å². The summed E-state index contributed by atoms with van der Waals surface area (Å²) >= 11 is 0. The molecule has 0 amide bonds. The Morgan fingerprint density at radius 3 is 2.26 bits per heavy atom. The van der Waals surface area contributed by atoms with Crippen molar-refractivity contribution in [1.82, 2.24) is 0 Å². The maximum absolute atomic E-state index is 14.0. The lowest BCUT2D eigenvalue weighted by Gasteiger charge is -2.40. The fourth-order valence-electron chi connectivity index (χ4n) is 6.76. The van der Waals surface area contributed by atoms with Crippen molar-refractivity contribution in [2.24, 2.45) is 39.3 Å².